The Kier molecular flexibility index (Phi) is 15.6. The van der Waals surface area contributed by atoms with Gasteiger partial charge in [0.15, 0.2) is 14.3 Å². The number of rotatable bonds is 5. The molecule has 332 valence electrons. The molecular weight excluding hydrogens is 818 g/mol. The third kappa shape index (κ3) is 11.3. The summed E-state index contributed by atoms with van der Waals surface area (Å²) in [6.45, 7) is 24.2. The number of hydrogen-bond acceptors (Lipinski definition) is 12. The fraction of sp³-hybridized carbons (Fsp3) is 0.682. The van der Waals surface area contributed by atoms with Crippen LogP contribution in [0.1, 0.15) is 122 Å². The van der Waals surface area contributed by atoms with Gasteiger partial charge in [-0.25, -0.2) is 9.59 Å². The van der Waals surface area contributed by atoms with Crippen LogP contribution in [-0.2, 0) is 18.6 Å². The van der Waals surface area contributed by atoms with Gasteiger partial charge in [0, 0.05) is 46.2 Å². The lowest BCUT2D eigenvalue weighted by Crippen LogP contribution is -2.36. The number of fused-ring (bicyclic) bond motifs is 2. The minimum atomic E-state index is -2.93. The van der Waals surface area contributed by atoms with Gasteiger partial charge in [-0.15, -0.1) is 0 Å². The molecule has 0 radical (unpaired) electrons. The third-order valence-corrected chi connectivity index (χ3v) is 20.1. The van der Waals surface area contributed by atoms with E-state index in [0.717, 1.165) is 32.1 Å². The third-order valence-electron chi connectivity index (χ3n) is 12.4. The van der Waals surface area contributed by atoms with Crippen LogP contribution < -0.4 is 24.8 Å². The van der Waals surface area contributed by atoms with Gasteiger partial charge in [0.2, 0.25) is 0 Å². The van der Waals surface area contributed by atoms with Gasteiger partial charge in [0.1, 0.15) is 59.4 Å². The SMILES string of the molecule is CC(C)(C)P1(=O)COc2cc(O)cc(O)c21.CC(C)[C@H]1CC[C@H](C)C[C@@H]1OC(=O)Cl.CC(C)[C@H]1CC[C@H](C)C[C@@H]1OC(=O)Oc1cc(O)c2c(c1)OCP2(=O)C(C)(C)C. The van der Waals surface area contributed by atoms with E-state index in [4.69, 9.17) is 35.3 Å². The van der Waals surface area contributed by atoms with E-state index in [1.165, 1.54) is 30.7 Å². The normalized spacial score (nSPS) is 28.7. The first-order chi connectivity index (χ1) is 27.2. The van der Waals surface area contributed by atoms with Crippen LogP contribution in [0.15, 0.2) is 24.3 Å². The lowest BCUT2D eigenvalue weighted by molar-refractivity contribution is -0.0137. The van der Waals surface area contributed by atoms with E-state index in [1.807, 2.05) is 41.5 Å². The zero-order valence-corrected chi connectivity index (χ0v) is 39.4. The number of phenolic OH excluding ortho intramolecular Hbond substituents is 3. The molecule has 0 amide bonds. The molecule has 8 atom stereocenters. The Morgan fingerprint density at radius 2 is 1.12 bits per heavy atom. The van der Waals surface area contributed by atoms with E-state index in [1.54, 1.807) is 0 Å². The highest BCUT2D eigenvalue weighted by atomic mass is 35.5. The zero-order chi connectivity index (χ0) is 44.4. The van der Waals surface area contributed by atoms with Gasteiger partial charge in [-0.3, -0.25) is 0 Å². The summed E-state index contributed by atoms with van der Waals surface area (Å²) in [5.74, 6) is 3.27. The molecule has 3 N–H and O–H groups in total. The van der Waals surface area contributed by atoms with Crippen molar-refractivity contribution in [1.82, 2.24) is 0 Å². The lowest BCUT2D eigenvalue weighted by atomic mass is 9.75. The van der Waals surface area contributed by atoms with Crippen LogP contribution in [0.25, 0.3) is 0 Å². The van der Waals surface area contributed by atoms with Gasteiger partial charge in [-0.2, -0.15) is 0 Å². The molecule has 0 saturated heterocycles. The Labute approximate surface area is 355 Å². The Hall–Kier alpha value is -3.07. The van der Waals surface area contributed by atoms with Crippen LogP contribution in [0.2, 0.25) is 0 Å². The fourth-order valence-electron chi connectivity index (χ4n) is 8.52. The maximum atomic E-state index is 13.4. The van der Waals surface area contributed by atoms with E-state index in [2.05, 4.69) is 41.5 Å². The van der Waals surface area contributed by atoms with Crippen LogP contribution in [0.5, 0.6) is 34.5 Å². The first kappa shape index (κ1) is 48.6. The Bertz CT molecular complexity index is 1920. The molecule has 2 fully saturated rings. The number of hydrogen-bond donors (Lipinski definition) is 3. The second kappa shape index (κ2) is 18.9. The maximum absolute atomic E-state index is 13.4. The molecule has 12 nitrogen and oxygen atoms in total. The van der Waals surface area contributed by atoms with Crippen molar-refractivity contribution < 1.29 is 57.7 Å². The molecule has 2 aromatic carbocycles. The second-order valence-corrected chi connectivity index (χ2v) is 26.9. The van der Waals surface area contributed by atoms with Crippen molar-refractivity contribution in [2.75, 3.05) is 12.7 Å². The van der Waals surface area contributed by atoms with Gasteiger partial charge in [0.05, 0.1) is 10.6 Å². The summed E-state index contributed by atoms with van der Waals surface area (Å²) in [6.07, 6.45) is 5.53. The van der Waals surface area contributed by atoms with Gasteiger partial charge in [0.25, 0.3) is 0 Å². The topological polar surface area (TPSA) is 175 Å². The molecule has 2 unspecified atom stereocenters. The number of aromatic hydroxyl groups is 3. The quantitative estimate of drug-likeness (QED) is 0.112. The van der Waals surface area contributed by atoms with Crippen LogP contribution in [0.4, 0.5) is 9.59 Å². The molecule has 2 saturated carbocycles. The zero-order valence-electron chi connectivity index (χ0n) is 36.9. The highest BCUT2D eigenvalue weighted by Gasteiger charge is 2.48. The summed E-state index contributed by atoms with van der Waals surface area (Å²) >= 11 is 5.27. The number of ether oxygens (including phenoxy) is 5. The number of carbonyl (C=O) groups is 2. The fourth-order valence-corrected chi connectivity index (χ4v) is 13.5. The van der Waals surface area contributed by atoms with E-state index in [0.29, 0.717) is 57.6 Å². The minimum Gasteiger partial charge on any atom is -0.508 e. The van der Waals surface area contributed by atoms with Crippen LogP contribution in [-0.4, -0.2) is 62.1 Å². The van der Waals surface area contributed by atoms with Gasteiger partial charge < -0.3 is 48.1 Å². The van der Waals surface area contributed by atoms with Crippen LogP contribution in [0, 0.1) is 35.5 Å². The minimum absolute atomic E-state index is 0.0311. The largest absolute Gasteiger partial charge is 0.514 e. The maximum Gasteiger partial charge on any atom is 0.514 e. The number of benzene rings is 2. The van der Waals surface area contributed by atoms with Crippen molar-refractivity contribution >= 4 is 48.1 Å². The second-order valence-electron chi connectivity index (χ2n) is 19.5. The average molecular weight is 885 g/mol. The van der Waals surface area contributed by atoms with Crippen molar-refractivity contribution in [2.45, 2.75) is 144 Å². The van der Waals surface area contributed by atoms with E-state index in [9.17, 15) is 34.0 Å². The Morgan fingerprint density at radius 3 is 1.54 bits per heavy atom. The van der Waals surface area contributed by atoms with Crippen molar-refractivity contribution in [1.29, 1.82) is 0 Å². The van der Waals surface area contributed by atoms with Gasteiger partial charge in [-0.05, 0) is 61.2 Å². The smallest absolute Gasteiger partial charge is 0.508 e. The first-order valence-electron chi connectivity index (χ1n) is 20.8. The molecule has 2 heterocycles. The predicted octanol–water partition coefficient (Wildman–Crippen LogP) is 11.6. The molecule has 0 spiro atoms. The van der Waals surface area contributed by atoms with Crippen molar-refractivity contribution in [3.63, 3.8) is 0 Å². The van der Waals surface area contributed by atoms with Gasteiger partial charge >= 0.3 is 11.6 Å². The van der Waals surface area contributed by atoms with Crippen molar-refractivity contribution in [2.24, 2.45) is 35.5 Å². The summed E-state index contributed by atoms with van der Waals surface area (Å²) < 4.78 is 53.3. The van der Waals surface area contributed by atoms with Crippen molar-refractivity contribution in [3.8, 4) is 34.5 Å². The summed E-state index contributed by atoms with van der Waals surface area (Å²) in [6, 6.07) is 5.41. The molecule has 15 heteroatoms. The molecule has 6 rings (SSSR count). The van der Waals surface area contributed by atoms with Crippen LogP contribution >= 0.6 is 25.9 Å². The first-order valence-corrected chi connectivity index (χ1v) is 25.0. The Balaban J connectivity index is 0.000000216. The Morgan fingerprint density at radius 1 is 0.695 bits per heavy atom. The highest BCUT2D eigenvalue weighted by Crippen LogP contribution is 2.64. The molecule has 4 aliphatic rings. The summed E-state index contributed by atoms with van der Waals surface area (Å²) in [7, 11) is -5.72. The average Bonchev–Trinajstić information content (AvgIpc) is 3.63. The molecule has 2 aromatic rings. The molecular formula is C44H67ClO12P2. The monoisotopic (exact) mass is 884 g/mol. The van der Waals surface area contributed by atoms with Gasteiger partial charge in [-0.1, -0.05) is 95.9 Å². The number of phenols is 3. The summed E-state index contributed by atoms with van der Waals surface area (Å²) in [4.78, 5) is 23.2. The molecule has 0 aromatic heterocycles. The molecule has 59 heavy (non-hydrogen) atoms. The molecule has 2 aliphatic heterocycles. The highest BCUT2D eigenvalue weighted by molar-refractivity contribution is 7.74. The van der Waals surface area contributed by atoms with Crippen LogP contribution in [0.3, 0.4) is 0 Å². The number of carbonyl (C=O) groups excluding carboxylic acids is 2. The van der Waals surface area contributed by atoms with E-state index >= 15 is 0 Å². The standard InChI is InChI=1S/C22H33O6P.C11H19ClO2.C11H15O4P/c1-13(2)16-8-7-14(3)9-18(16)28-21(24)27-15-10-17(23)20-19(11-15)26-12-29(20,25)22(4,5)6;1-7(2)9-5-4-8(3)6-10(9)14-11(12)13;1-11(2,3)16(14)6-15-9-5-7(12)4-8(13)10(9)16/h10-11,13-14,16,18,23H,7-9,12H2,1-6H3;7-10H,4-6H2,1-3H3;4-5,12-13H,6H2,1-3H3/t14-,16+,18-,29?;8-,9+,10-;/m00./s1. The molecule has 2 aliphatic carbocycles. The van der Waals surface area contributed by atoms with E-state index in [-0.39, 0.29) is 47.9 Å². The summed E-state index contributed by atoms with van der Waals surface area (Å²) in [5, 5.41) is 29.3. The molecule has 0 bridgehead atoms. The lowest BCUT2D eigenvalue weighted by Gasteiger charge is -2.36. The van der Waals surface area contributed by atoms with E-state index < -0.39 is 36.2 Å². The summed E-state index contributed by atoms with van der Waals surface area (Å²) in [5.41, 5.74) is -0.658. The number of halogens is 1. The predicted molar refractivity (Wildman–Crippen MR) is 233 cm³/mol. The van der Waals surface area contributed by atoms with Crippen molar-refractivity contribution in [3.05, 3.63) is 24.3 Å².